The highest BCUT2D eigenvalue weighted by Gasteiger charge is 2.14. The van der Waals surface area contributed by atoms with Gasteiger partial charge in [-0.25, -0.2) is 4.39 Å². The maximum Gasteiger partial charge on any atom is 0.256 e. The summed E-state index contributed by atoms with van der Waals surface area (Å²) in [5.41, 5.74) is 0.149. The normalized spacial score (nSPS) is 10.1. The van der Waals surface area contributed by atoms with Crippen molar-refractivity contribution in [2.45, 2.75) is 19.8 Å². The third-order valence-corrected chi connectivity index (χ3v) is 2.30. The molecule has 0 saturated carbocycles. The van der Waals surface area contributed by atoms with Crippen molar-refractivity contribution >= 4 is 5.91 Å². The van der Waals surface area contributed by atoms with Gasteiger partial charge < -0.3 is 4.90 Å². The van der Waals surface area contributed by atoms with Crippen molar-refractivity contribution in [3.63, 3.8) is 0 Å². The molecule has 1 rings (SSSR count). The van der Waals surface area contributed by atoms with Crippen LogP contribution in [0.15, 0.2) is 24.3 Å². The number of hydrogen-bond acceptors (Lipinski definition) is 1. The molecular weight excluding hydrogens is 193 g/mol. The van der Waals surface area contributed by atoms with Gasteiger partial charge in [0, 0.05) is 13.6 Å². The molecule has 3 heteroatoms. The van der Waals surface area contributed by atoms with Gasteiger partial charge in [-0.3, -0.25) is 4.79 Å². The molecule has 0 heterocycles. The fourth-order valence-electron chi connectivity index (χ4n) is 1.34. The first-order valence-corrected chi connectivity index (χ1v) is 5.16. The lowest BCUT2D eigenvalue weighted by Gasteiger charge is -2.16. The van der Waals surface area contributed by atoms with Crippen molar-refractivity contribution < 1.29 is 9.18 Å². The number of rotatable bonds is 4. The molecule has 0 saturated heterocycles. The highest BCUT2D eigenvalue weighted by atomic mass is 19.1. The van der Waals surface area contributed by atoms with Crippen LogP contribution in [0.4, 0.5) is 4.39 Å². The molecule has 82 valence electrons. The van der Waals surface area contributed by atoms with Crippen LogP contribution in [0.1, 0.15) is 30.1 Å². The number of benzene rings is 1. The number of carbonyl (C=O) groups is 1. The lowest BCUT2D eigenvalue weighted by molar-refractivity contribution is 0.0788. The Morgan fingerprint density at radius 2 is 2.07 bits per heavy atom. The maximum atomic E-state index is 13.3. The van der Waals surface area contributed by atoms with Gasteiger partial charge in [0.2, 0.25) is 0 Å². The van der Waals surface area contributed by atoms with E-state index in [0.29, 0.717) is 6.54 Å². The van der Waals surface area contributed by atoms with E-state index >= 15 is 0 Å². The van der Waals surface area contributed by atoms with Gasteiger partial charge in [-0.05, 0) is 18.6 Å². The van der Waals surface area contributed by atoms with E-state index in [9.17, 15) is 9.18 Å². The van der Waals surface area contributed by atoms with E-state index < -0.39 is 5.82 Å². The fourth-order valence-corrected chi connectivity index (χ4v) is 1.34. The van der Waals surface area contributed by atoms with Crippen LogP contribution in [0.2, 0.25) is 0 Å². The summed E-state index contributed by atoms with van der Waals surface area (Å²) >= 11 is 0. The van der Waals surface area contributed by atoms with Gasteiger partial charge in [-0.2, -0.15) is 0 Å². The smallest absolute Gasteiger partial charge is 0.256 e. The molecule has 15 heavy (non-hydrogen) atoms. The molecule has 0 unspecified atom stereocenters. The fraction of sp³-hybridized carbons (Fsp3) is 0.417. The minimum atomic E-state index is -0.453. The Labute approximate surface area is 89.7 Å². The Morgan fingerprint density at radius 1 is 1.40 bits per heavy atom. The Morgan fingerprint density at radius 3 is 2.67 bits per heavy atom. The first-order chi connectivity index (χ1) is 7.16. The number of carbonyl (C=O) groups excluding carboxylic acids is 1. The average molecular weight is 209 g/mol. The molecule has 0 aliphatic heterocycles. The van der Waals surface area contributed by atoms with E-state index in [1.807, 2.05) is 0 Å². The van der Waals surface area contributed by atoms with Gasteiger partial charge in [0.05, 0.1) is 5.56 Å². The Balaban J connectivity index is 2.72. The van der Waals surface area contributed by atoms with E-state index in [-0.39, 0.29) is 11.5 Å². The first-order valence-electron chi connectivity index (χ1n) is 5.16. The number of unbranched alkanes of at least 4 members (excludes halogenated alkanes) is 1. The van der Waals surface area contributed by atoms with E-state index in [0.717, 1.165) is 12.8 Å². The summed E-state index contributed by atoms with van der Waals surface area (Å²) in [4.78, 5) is 13.3. The van der Waals surface area contributed by atoms with E-state index in [4.69, 9.17) is 0 Å². The SMILES string of the molecule is CCCCN(C)C(=O)c1ccccc1F. The van der Waals surface area contributed by atoms with Crippen LogP contribution in [-0.2, 0) is 0 Å². The molecule has 1 aromatic rings. The van der Waals surface area contributed by atoms with E-state index in [2.05, 4.69) is 6.92 Å². The van der Waals surface area contributed by atoms with Gasteiger partial charge in [0.15, 0.2) is 0 Å². The molecule has 0 N–H and O–H groups in total. The monoisotopic (exact) mass is 209 g/mol. The second-order valence-electron chi connectivity index (χ2n) is 3.56. The molecule has 0 atom stereocenters. The summed E-state index contributed by atoms with van der Waals surface area (Å²) in [6.45, 7) is 2.73. The third-order valence-electron chi connectivity index (χ3n) is 2.30. The number of nitrogens with zero attached hydrogens (tertiary/aromatic N) is 1. The minimum Gasteiger partial charge on any atom is -0.342 e. The van der Waals surface area contributed by atoms with Crippen LogP contribution < -0.4 is 0 Å². The highest BCUT2D eigenvalue weighted by Crippen LogP contribution is 2.09. The Bertz CT molecular complexity index is 338. The number of amides is 1. The zero-order valence-corrected chi connectivity index (χ0v) is 9.16. The van der Waals surface area contributed by atoms with Crippen molar-refractivity contribution in [3.8, 4) is 0 Å². The highest BCUT2D eigenvalue weighted by molar-refractivity contribution is 5.94. The van der Waals surface area contributed by atoms with E-state index in [1.165, 1.54) is 12.1 Å². The predicted molar refractivity (Wildman–Crippen MR) is 58.3 cm³/mol. The average Bonchev–Trinajstić information content (AvgIpc) is 2.25. The second-order valence-corrected chi connectivity index (χ2v) is 3.56. The van der Waals surface area contributed by atoms with Crippen molar-refractivity contribution in [3.05, 3.63) is 35.6 Å². The molecule has 0 aliphatic rings. The van der Waals surface area contributed by atoms with Gasteiger partial charge in [0.1, 0.15) is 5.82 Å². The molecule has 0 aliphatic carbocycles. The van der Waals surface area contributed by atoms with Crippen LogP contribution in [0.3, 0.4) is 0 Å². The first kappa shape index (κ1) is 11.7. The maximum absolute atomic E-state index is 13.3. The Hall–Kier alpha value is -1.38. The third kappa shape index (κ3) is 3.05. The van der Waals surface area contributed by atoms with Crippen LogP contribution in [0, 0.1) is 5.82 Å². The molecule has 0 aromatic heterocycles. The van der Waals surface area contributed by atoms with Crippen LogP contribution in [0.5, 0.6) is 0 Å². The van der Waals surface area contributed by atoms with Crippen LogP contribution >= 0.6 is 0 Å². The van der Waals surface area contributed by atoms with Gasteiger partial charge in [0.25, 0.3) is 5.91 Å². The second kappa shape index (κ2) is 5.49. The summed E-state index contributed by atoms with van der Waals surface area (Å²) in [6.07, 6.45) is 1.96. The quantitative estimate of drug-likeness (QED) is 0.746. The van der Waals surface area contributed by atoms with Crippen LogP contribution in [-0.4, -0.2) is 24.4 Å². The predicted octanol–water partition coefficient (Wildman–Crippen LogP) is 2.70. The van der Waals surface area contributed by atoms with Gasteiger partial charge in [-0.15, -0.1) is 0 Å². The minimum absolute atomic E-state index is 0.149. The lowest BCUT2D eigenvalue weighted by Crippen LogP contribution is -2.28. The van der Waals surface area contributed by atoms with Gasteiger partial charge >= 0.3 is 0 Å². The Kier molecular flexibility index (Phi) is 4.28. The summed E-state index contributed by atoms with van der Waals surface area (Å²) in [5, 5.41) is 0. The molecule has 0 fully saturated rings. The summed E-state index contributed by atoms with van der Waals surface area (Å²) in [7, 11) is 1.70. The molecule has 1 aromatic carbocycles. The zero-order valence-electron chi connectivity index (χ0n) is 9.16. The lowest BCUT2D eigenvalue weighted by atomic mass is 10.2. The van der Waals surface area contributed by atoms with Gasteiger partial charge in [-0.1, -0.05) is 25.5 Å². The zero-order chi connectivity index (χ0) is 11.3. The van der Waals surface area contributed by atoms with Crippen molar-refractivity contribution in [2.24, 2.45) is 0 Å². The molecule has 0 spiro atoms. The van der Waals surface area contributed by atoms with Crippen molar-refractivity contribution in [1.29, 1.82) is 0 Å². The molecule has 1 amide bonds. The number of hydrogen-bond donors (Lipinski definition) is 0. The number of halogens is 1. The molecule has 2 nitrogen and oxygen atoms in total. The largest absolute Gasteiger partial charge is 0.342 e. The standard InChI is InChI=1S/C12H16FNO/c1-3-4-9-14(2)12(15)10-7-5-6-8-11(10)13/h5-8H,3-4,9H2,1-2H3. The molecule has 0 bridgehead atoms. The van der Waals surface area contributed by atoms with Crippen LogP contribution in [0.25, 0.3) is 0 Å². The van der Waals surface area contributed by atoms with Crippen molar-refractivity contribution in [1.82, 2.24) is 4.90 Å². The van der Waals surface area contributed by atoms with E-state index in [1.54, 1.807) is 24.1 Å². The molecule has 0 radical (unpaired) electrons. The summed E-state index contributed by atoms with van der Waals surface area (Å²) in [6, 6.07) is 6.07. The topological polar surface area (TPSA) is 20.3 Å². The molecular formula is C12H16FNO. The summed E-state index contributed by atoms with van der Waals surface area (Å²) in [5.74, 6) is -0.701. The summed E-state index contributed by atoms with van der Waals surface area (Å²) < 4.78 is 13.3. The van der Waals surface area contributed by atoms with Crippen molar-refractivity contribution in [2.75, 3.05) is 13.6 Å².